The molecule has 1 aromatic heterocycles. The Balaban J connectivity index is 1.54. The van der Waals surface area contributed by atoms with E-state index < -0.39 is 0 Å². The zero-order chi connectivity index (χ0) is 12.5. The molecule has 0 N–H and O–H groups in total. The van der Waals surface area contributed by atoms with Gasteiger partial charge in [0.25, 0.3) is 0 Å². The molecule has 0 radical (unpaired) electrons. The molecule has 94 valence electrons. The van der Waals surface area contributed by atoms with Crippen LogP contribution in [0.25, 0.3) is 0 Å². The first kappa shape index (κ1) is 14.2. The second-order valence-electron chi connectivity index (χ2n) is 3.51. The van der Waals surface area contributed by atoms with Crippen LogP contribution < -0.4 is 0 Å². The standard InChI is InChI=1S/C13H13NS4/c1-2-5-12(6-3-1)10-15-17-18-16-11-13-7-4-8-14-9-13/h1-9H,10-11H2. The topological polar surface area (TPSA) is 12.9 Å². The van der Waals surface area contributed by atoms with E-state index in [1.54, 1.807) is 0 Å². The summed E-state index contributed by atoms with van der Waals surface area (Å²) in [6.07, 6.45) is 3.74. The first-order chi connectivity index (χ1) is 8.95. The number of benzene rings is 1. The molecule has 0 unspecified atom stereocenters. The van der Waals surface area contributed by atoms with Gasteiger partial charge in [0, 0.05) is 23.9 Å². The molecule has 18 heavy (non-hydrogen) atoms. The molecule has 2 rings (SSSR count). The van der Waals surface area contributed by atoms with Crippen LogP contribution in [0.4, 0.5) is 0 Å². The summed E-state index contributed by atoms with van der Waals surface area (Å²) in [7, 11) is 7.42. The Bertz CT molecular complexity index is 392. The molecule has 0 saturated carbocycles. The summed E-state index contributed by atoms with van der Waals surface area (Å²) in [4.78, 5) is 4.10. The van der Waals surface area contributed by atoms with Crippen LogP contribution in [-0.4, -0.2) is 4.98 Å². The maximum atomic E-state index is 4.10. The monoisotopic (exact) mass is 311 g/mol. The lowest BCUT2D eigenvalue weighted by Crippen LogP contribution is -1.78. The first-order valence-electron chi connectivity index (χ1n) is 5.46. The van der Waals surface area contributed by atoms with Gasteiger partial charge in [0.2, 0.25) is 0 Å². The van der Waals surface area contributed by atoms with Gasteiger partial charge in [-0.05, 0) is 36.8 Å². The fourth-order valence-electron chi connectivity index (χ4n) is 1.28. The van der Waals surface area contributed by atoms with Crippen molar-refractivity contribution >= 4 is 41.2 Å². The Morgan fingerprint density at radius 3 is 2.11 bits per heavy atom. The average Bonchev–Trinajstić information content (AvgIpc) is 2.45. The minimum atomic E-state index is 1.01. The number of aromatic nitrogens is 1. The molecule has 1 nitrogen and oxygen atoms in total. The smallest absolute Gasteiger partial charge is 0.0312 e. The first-order valence-corrected chi connectivity index (χ1v) is 10.6. The van der Waals surface area contributed by atoms with Crippen LogP contribution in [0.1, 0.15) is 11.1 Å². The molecule has 5 heteroatoms. The van der Waals surface area contributed by atoms with Gasteiger partial charge in [-0.2, -0.15) is 0 Å². The Morgan fingerprint density at radius 1 is 0.778 bits per heavy atom. The van der Waals surface area contributed by atoms with Crippen molar-refractivity contribution in [3.8, 4) is 0 Å². The molecule has 0 amide bonds. The van der Waals surface area contributed by atoms with Crippen molar-refractivity contribution in [2.45, 2.75) is 11.5 Å². The van der Waals surface area contributed by atoms with E-state index in [1.807, 2.05) is 59.7 Å². The van der Waals surface area contributed by atoms with E-state index in [0.29, 0.717) is 0 Å². The van der Waals surface area contributed by atoms with Gasteiger partial charge >= 0.3 is 0 Å². The van der Waals surface area contributed by atoms with Crippen LogP contribution in [-0.2, 0) is 11.5 Å². The minimum absolute atomic E-state index is 1.01. The van der Waals surface area contributed by atoms with Crippen molar-refractivity contribution < 1.29 is 0 Å². The molecule has 1 heterocycles. The summed E-state index contributed by atoms with van der Waals surface area (Å²) in [5.41, 5.74) is 2.66. The molecular formula is C13H13NS4. The van der Waals surface area contributed by atoms with Crippen molar-refractivity contribution in [1.29, 1.82) is 0 Å². The van der Waals surface area contributed by atoms with E-state index in [-0.39, 0.29) is 0 Å². The van der Waals surface area contributed by atoms with Gasteiger partial charge in [-0.1, -0.05) is 58.0 Å². The molecule has 0 saturated heterocycles. The Labute approximate surface area is 123 Å². The van der Waals surface area contributed by atoms with Crippen LogP contribution in [0.5, 0.6) is 0 Å². The van der Waals surface area contributed by atoms with Crippen LogP contribution in [0, 0.1) is 0 Å². The van der Waals surface area contributed by atoms with Crippen molar-refractivity contribution in [3.05, 3.63) is 66.0 Å². The van der Waals surface area contributed by atoms with Crippen LogP contribution in [0.15, 0.2) is 54.9 Å². The van der Waals surface area contributed by atoms with Gasteiger partial charge < -0.3 is 0 Å². The van der Waals surface area contributed by atoms with Gasteiger partial charge in [-0.15, -0.1) is 0 Å². The van der Waals surface area contributed by atoms with E-state index in [0.717, 1.165) is 11.5 Å². The quantitative estimate of drug-likeness (QED) is 0.496. The third-order valence-electron chi connectivity index (χ3n) is 2.14. The van der Waals surface area contributed by atoms with Crippen LogP contribution in [0.3, 0.4) is 0 Å². The molecule has 0 aliphatic heterocycles. The maximum Gasteiger partial charge on any atom is 0.0312 e. The maximum absolute atomic E-state index is 4.10. The summed E-state index contributed by atoms with van der Waals surface area (Å²) in [5.74, 6) is 2.07. The van der Waals surface area contributed by atoms with Crippen LogP contribution in [0.2, 0.25) is 0 Å². The van der Waals surface area contributed by atoms with Crippen molar-refractivity contribution in [1.82, 2.24) is 4.98 Å². The van der Waals surface area contributed by atoms with E-state index in [4.69, 9.17) is 0 Å². The number of hydrogen-bond donors (Lipinski definition) is 0. The van der Waals surface area contributed by atoms with Crippen molar-refractivity contribution in [3.63, 3.8) is 0 Å². The Kier molecular flexibility index (Phi) is 6.93. The SMILES string of the molecule is c1ccc(CSSSSCc2cccnc2)cc1. The lowest BCUT2D eigenvalue weighted by molar-refractivity contribution is 1.25. The van der Waals surface area contributed by atoms with Gasteiger partial charge in [0.05, 0.1) is 0 Å². The van der Waals surface area contributed by atoms with E-state index >= 15 is 0 Å². The zero-order valence-corrected chi connectivity index (χ0v) is 13.0. The Hall–Kier alpha value is -0.230. The molecule has 1 aromatic carbocycles. The lowest BCUT2D eigenvalue weighted by atomic mass is 10.2. The molecule has 0 bridgehead atoms. The number of rotatable bonds is 7. The normalized spacial score (nSPS) is 10.4. The van der Waals surface area contributed by atoms with E-state index in [2.05, 4.69) is 41.4 Å². The van der Waals surface area contributed by atoms with Gasteiger partial charge in [-0.3, -0.25) is 4.98 Å². The van der Waals surface area contributed by atoms with Gasteiger partial charge in [-0.25, -0.2) is 0 Å². The predicted octanol–water partition coefficient (Wildman–Crippen LogP) is 5.46. The van der Waals surface area contributed by atoms with Crippen LogP contribution >= 0.6 is 41.2 Å². The summed E-state index contributed by atoms with van der Waals surface area (Å²) in [6, 6.07) is 14.7. The number of pyridine rings is 1. The fourth-order valence-corrected chi connectivity index (χ4v) is 7.13. The van der Waals surface area contributed by atoms with E-state index in [9.17, 15) is 0 Å². The highest BCUT2D eigenvalue weighted by Crippen LogP contribution is 2.45. The highest BCUT2D eigenvalue weighted by molar-refractivity contribution is 9.25. The summed E-state index contributed by atoms with van der Waals surface area (Å²) >= 11 is 0. The minimum Gasteiger partial charge on any atom is -0.264 e. The summed E-state index contributed by atoms with van der Waals surface area (Å²) in [5, 5.41) is 0. The van der Waals surface area contributed by atoms with Gasteiger partial charge in [0.15, 0.2) is 0 Å². The molecule has 2 aromatic rings. The van der Waals surface area contributed by atoms with Crippen molar-refractivity contribution in [2.24, 2.45) is 0 Å². The third-order valence-corrected chi connectivity index (χ3v) is 8.47. The second kappa shape index (κ2) is 8.80. The van der Waals surface area contributed by atoms with E-state index in [1.165, 1.54) is 11.1 Å². The molecule has 0 fully saturated rings. The second-order valence-corrected chi connectivity index (χ2v) is 9.51. The molecule has 0 atom stereocenters. The lowest BCUT2D eigenvalue weighted by Gasteiger charge is -2.01. The zero-order valence-electron chi connectivity index (χ0n) is 9.69. The molecule has 0 spiro atoms. The molecule has 0 aliphatic carbocycles. The fraction of sp³-hybridized carbons (Fsp3) is 0.154. The summed E-state index contributed by atoms with van der Waals surface area (Å²) in [6.45, 7) is 0. The highest BCUT2D eigenvalue weighted by atomic mass is 33.7. The molecule has 0 aliphatic rings. The van der Waals surface area contributed by atoms with Gasteiger partial charge in [0.1, 0.15) is 0 Å². The number of hydrogen-bond acceptors (Lipinski definition) is 5. The Morgan fingerprint density at radius 2 is 1.44 bits per heavy atom. The highest BCUT2D eigenvalue weighted by Gasteiger charge is 1.96. The summed E-state index contributed by atoms with van der Waals surface area (Å²) < 4.78 is 0. The largest absolute Gasteiger partial charge is 0.264 e. The molecular weight excluding hydrogens is 298 g/mol. The average molecular weight is 312 g/mol. The number of nitrogens with zero attached hydrogens (tertiary/aromatic N) is 1. The van der Waals surface area contributed by atoms with Crippen molar-refractivity contribution in [2.75, 3.05) is 0 Å². The predicted molar refractivity (Wildman–Crippen MR) is 88.5 cm³/mol. The third kappa shape index (κ3) is 5.61.